The average Bonchev–Trinajstić information content (AvgIpc) is 2.87. The van der Waals surface area contributed by atoms with Gasteiger partial charge in [-0.15, -0.1) is 0 Å². The van der Waals surface area contributed by atoms with E-state index in [1.807, 2.05) is 44.2 Å². The molecule has 0 aliphatic carbocycles. The van der Waals surface area contributed by atoms with Crippen molar-refractivity contribution in [2.45, 2.75) is 46.8 Å². The van der Waals surface area contributed by atoms with E-state index in [2.05, 4.69) is 36.6 Å². The van der Waals surface area contributed by atoms with Crippen LogP contribution in [0.2, 0.25) is 0 Å². The smallest absolute Gasteiger partial charge is 0.344 e. The molecule has 1 N–H and O–H groups in total. The molecule has 142 valence electrons. The van der Waals surface area contributed by atoms with Gasteiger partial charge in [0.05, 0.1) is 5.52 Å². The molecule has 3 rings (SSSR count). The molecular weight excluding hydrogens is 338 g/mol. The normalized spacial score (nSPS) is 12.5. The Balaban J connectivity index is 2.03. The summed E-state index contributed by atoms with van der Waals surface area (Å²) >= 11 is 0. The number of fused-ring (bicyclic) bond motifs is 1. The monoisotopic (exact) mass is 365 g/mol. The number of nitrogens with zero attached hydrogens (tertiary/aromatic N) is 1. The lowest BCUT2D eigenvalue weighted by Gasteiger charge is -2.18. The molecule has 0 saturated heterocycles. The standard InChI is InChI=1S/C23H27NO3/c1-15(2)13-21(23(25)26)27-20-12-8-11-19-22(20)16(3)17(4)24(19)14-18-9-6-5-7-10-18/h5-12,15,21H,13-14H2,1-4H3,(H,25,26). The summed E-state index contributed by atoms with van der Waals surface area (Å²) in [7, 11) is 0. The number of aliphatic carboxylic acids is 1. The van der Waals surface area contributed by atoms with E-state index >= 15 is 0 Å². The minimum atomic E-state index is -0.918. The third-order valence-electron chi connectivity index (χ3n) is 5.03. The number of ether oxygens (including phenoxy) is 1. The molecule has 27 heavy (non-hydrogen) atoms. The molecule has 0 amide bonds. The Bertz CT molecular complexity index is 941. The number of benzene rings is 2. The Morgan fingerprint density at radius 1 is 1.07 bits per heavy atom. The summed E-state index contributed by atoms with van der Waals surface area (Å²) in [6.07, 6.45) is -0.359. The largest absolute Gasteiger partial charge is 0.479 e. The lowest BCUT2D eigenvalue weighted by Crippen LogP contribution is -2.28. The van der Waals surface area contributed by atoms with E-state index in [1.165, 1.54) is 11.3 Å². The number of rotatable bonds is 7. The molecule has 2 aromatic carbocycles. The molecule has 0 aliphatic heterocycles. The Hall–Kier alpha value is -2.75. The lowest BCUT2D eigenvalue weighted by atomic mass is 10.1. The number of hydrogen-bond acceptors (Lipinski definition) is 2. The predicted octanol–water partition coefficient (Wildman–Crippen LogP) is 5.18. The Labute approximate surface area is 160 Å². The zero-order valence-electron chi connectivity index (χ0n) is 16.4. The van der Waals surface area contributed by atoms with Crippen LogP contribution in [0, 0.1) is 19.8 Å². The van der Waals surface area contributed by atoms with Gasteiger partial charge in [0.2, 0.25) is 0 Å². The molecular formula is C23H27NO3. The Morgan fingerprint density at radius 3 is 2.41 bits per heavy atom. The summed E-state index contributed by atoms with van der Waals surface area (Å²) in [4.78, 5) is 11.6. The molecule has 0 radical (unpaired) electrons. The first-order valence-electron chi connectivity index (χ1n) is 9.40. The van der Waals surface area contributed by atoms with Gasteiger partial charge in [-0.3, -0.25) is 0 Å². The van der Waals surface area contributed by atoms with Gasteiger partial charge in [0.1, 0.15) is 5.75 Å². The van der Waals surface area contributed by atoms with Crippen molar-refractivity contribution in [3.63, 3.8) is 0 Å². The van der Waals surface area contributed by atoms with Gasteiger partial charge < -0.3 is 14.4 Å². The van der Waals surface area contributed by atoms with E-state index in [0.29, 0.717) is 12.2 Å². The van der Waals surface area contributed by atoms with E-state index < -0.39 is 12.1 Å². The Kier molecular flexibility index (Phi) is 5.54. The van der Waals surface area contributed by atoms with Crippen molar-refractivity contribution >= 4 is 16.9 Å². The first-order chi connectivity index (χ1) is 12.9. The molecule has 0 spiro atoms. The fraction of sp³-hybridized carbons (Fsp3) is 0.348. The fourth-order valence-electron chi connectivity index (χ4n) is 3.53. The zero-order chi connectivity index (χ0) is 19.6. The molecule has 1 atom stereocenters. The maximum absolute atomic E-state index is 11.6. The second-order valence-corrected chi connectivity index (χ2v) is 7.51. The quantitative estimate of drug-likeness (QED) is 0.627. The van der Waals surface area contributed by atoms with Crippen molar-refractivity contribution in [3.05, 3.63) is 65.4 Å². The molecule has 4 heteroatoms. The highest BCUT2D eigenvalue weighted by Crippen LogP contribution is 2.34. The van der Waals surface area contributed by atoms with Crippen LogP contribution in [0.3, 0.4) is 0 Å². The predicted molar refractivity (Wildman–Crippen MR) is 108 cm³/mol. The number of carboxylic acid groups (broad SMARTS) is 1. The van der Waals surface area contributed by atoms with Crippen LogP contribution in [-0.4, -0.2) is 21.7 Å². The van der Waals surface area contributed by atoms with Gasteiger partial charge in [-0.2, -0.15) is 0 Å². The second kappa shape index (κ2) is 7.87. The summed E-state index contributed by atoms with van der Waals surface area (Å²) < 4.78 is 8.26. The van der Waals surface area contributed by atoms with E-state index in [9.17, 15) is 9.90 Å². The number of hydrogen-bond donors (Lipinski definition) is 1. The minimum Gasteiger partial charge on any atom is -0.479 e. The van der Waals surface area contributed by atoms with Crippen LogP contribution in [0.5, 0.6) is 5.75 Å². The van der Waals surface area contributed by atoms with Crippen molar-refractivity contribution in [1.82, 2.24) is 4.57 Å². The highest BCUT2D eigenvalue weighted by atomic mass is 16.5. The van der Waals surface area contributed by atoms with Crippen LogP contribution < -0.4 is 4.74 Å². The summed E-state index contributed by atoms with van der Waals surface area (Å²) in [6, 6.07) is 16.2. The van der Waals surface area contributed by atoms with Crippen LogP contribution in [0.25, 0.3) is 10.9 Å². The lowest BCUT2D eigenvalue weighted by molar-refractivity contribution is -0.145. The highest BCUT2D eigenvalue weighted by molar-refractivity contribution is 5.91. The summed E-state index contributed by atoms with van der Waals surface area (Å²) in [5.41, 5.74) is 4.60. The first-order valence-corrected chi connectivity index (χ1v) is 9.40. The van der Waals surface area contributed by atoms with Crippen molar-refractivity contribution in [1.29, 1.82) is 0 Å². The molecule has 0 bridgehead atoms. The average molecular weight is 365 g/mol. The fourth-order valence-corrected chi connectivity index (χ4v) is 3.53. The molecule has 1 aromatic heterocycles. The molecule has 4 nitrogen and oxygen atoms in total. The van der Waals surface area contributed by atoms with Crippen molar-refractivity contribution in [3.8, 4) is 5.75 Å². The number of carboxylic acids is 1. The van der Waals surface area contributed by atoms with Gasteiger partial charge in [0.25, 0.3) is 0 Å². The zero-order valence-corrected chi connectivity index (χ0v) is 16.4. The molecule has 0 saturated carbocycles. The minimum absolute atomic E-state index is 0.246. The number of aryl methyl sites for hydroxylation is 1. The van der Waals surface area contributed by atoms with Crippen molar-refractivity contribution in [2.24, 2.45) is 5.92 Å². The summed E-state index contributed by atoms with van der Waals surface area (Å²) in [5.74, 6) is -0.0254. The topological polar surface area (TPSA) is 51.5 Å². The first kappa shape index (κ1) is 19.0. The molecule has 0 aliphatic rings. The number of carbonyl (C=O) groups is 1. The van der Waals surface area contributed by atoms with E-state index in [1.54, 1.807) is 0 Å². The maximum Gasteiger partial charge on any atom is 0.344 e. The Morgan fingerprint density at radius 2 is 1.78 bits per heavy atom. The van der Waals surface area contributed by atoms with Crippen LogP contribution in [-0.2, 0) is 11.3 Å². The van der Waals surface area contributed by atoms with Crippen LogP contribution in [0.4, 0.5) is 0 Å². The van der Waals surface area contributed by atoms with Gasteiger partial charge in [-0.25, -0.2) is 4.79 Å². The van der Waals surface area contributed by atoms with Crippen LogP contribution >= 0.6 is 0 Å². The summed E-state index contributed by atoms with van der Waals surface area (Å²) in [6.45, 7) is 8.96. The van der Waals surface area contributed by atoms with Crippen molar-refractivity contribution in [2.75, 3.05) is 0 Å². The third-order valence-corrected chi connectivity index (χ3v) is 5.03. The van der Waals surface area contributed by atoms with Gasteiger partial charge in [-0.05, 0) is 49.4 Å². The van der Waals surface area contributed by atoms with E-state index in [-0.39, 0.29) is 5.92 Å². The van der Waals surface area contributed by atoms with Gasteiger partial charge in [0, 0.05) is 17.6 Å². The SMILES string of the molecule is Cc1c(C)n(Cc2ccccc2)c2cccc(OC(CC(C)C)C(=O)O)c12. The highest BCUT2D eigenvalue weighted by Gasteiger charge is 2.23. The van der Waals surface area contributed by atoms with E-state index in [0.717, 1.165) is 23.0 Å². The summed E-state index contributed by atoms with van der Waals surface area (Å²) in [5, 5.41) is 10.6. The molecule has 3 aromatic rings. The second-order valence-electron chi connectivity index (χ2n) is 7.51. The van der Waals surface area contributed by atoms with Gasteiger partial charge in [-0.1, -0.05) is 50.2 Å². The van der Waals surface area contributed by atoms with Gasteiger partial charge >= 0.3 is 5.97 Å². The maximum atomic E-state index is 11.6. The van der Waals surface area contributed by atoms with Crippen molar-refractivity contribution < 1.29 is 14.6 Å². The van der Waals surface area contributed by atoms with E-state index in [4.69, 9.17) is 4.74 Å². The molecule has 1 unspecified atom stereocenters. The van der Waals surface area contributed by atoms with Crippen LogP contribution in [0.15, 0.2) is 48.5 Å². The molecule has 0 fully saturated rings. The molecule has 1 heterocycles. The van der Waals surface area contributed by atoms with Crippen LogP contribution in [0.1, 0.15) is 37.1 Å². The number of aromatic nitrogens is 1. The van der Waals surface area contributed by atoms with Gasteiger partial charge in [0.15, 0.2) is 6.10 Å². The third kappa shape index (κ3) is 4.00.